The summed E-state index contributed by atoms with van der Waals surface area (Å²) in [6.45, 7) is 4.25. The van der Waals surface area contributed by atoms with Crippen molar-refractivity contribution in [2.45, 2.75) is 19.9 Å². The highest BCUT2D eigenvalue weighted by Gasteiger charge is 1.99. The van der Waals surface area contributed by atoms with Gasteiger partial charge in [-0.2, -0.15) is 0 Å². The first kappa shape index (κ1) is 18.1. The second kappa shape index (κ2) is 9.78. The first-order valence-corrected chi connectivity index (χ1v) is 8.34. The van der Waals surface area contributed by atoms with E-state index in [0.29, 0.717) is 11.7 Å². The first-order chi connectivity index (χ1) is 11.7. The van der Waals surface area contributed by atoms with Crippen LogP contribution in [0.25, 0.3) is 0 Å². The summed E-state index contributed by atoms with van der Waals surface area (Å²) in [7, 11) is 1.66. The predicted molar refractivity (Wildman–Crippen MR) is 98.8 cm³/mol. The highest BCUT2D eigenvalue weighted by atomic mass is 35.5. The van der Waals surface area contributed by atoms with Crippen molar-refractivity contribution < 1.29 is 4.74 Å². The number of aliphatic imine (C=N–C) groups is 1. The molecular weight excluding hydrogens is 324 g/mol. The number of methoxy groups -OCH3 is 1. The largest absolute Gasteiger partial charge is 0.497 e. The summed E-state index contributed by atoms with van der Waals surface area (Å²) in [5, 5.41) is 7.09. The quantitative estimate of drug-likeness (QED) is 0.459. The molecule has 1 aromatic heterocycles. The van der Waals surface area contributed by atoms with Gasteiger partial charge in [-0.1, -0.05) is 29.8 Å². The predicted octanol–water partition coefficient (Wildman–Crippen LogP) is 3.04. The molecule has 1 aromatic carbocycles. The number of aromatic nitrogens is 1. The molecule has 0 saturated carbocycles. The van der Waals surface area contributed by atoms with Crippen molar-refractivity contribution in [3.05, 3.63) is 58.9 Å². The maximum absolute atomic E-state index is 5.79. The molecule has 1 heterocycles. The van der Waals surface area contributed by atoms with Gasteiger partial charge in [0.05, 0.1) is 13.7 Å². The lowest BCUT2D eigenvalue weighted by molar-refractivity contribution is 0.414. The van der Waals surface area contributed by atoms with Crippen LogP contribution in [0, 0.1) is 0 Å². The van der Waals surface area contributed by atoms with E-state index in [1.807, 2.05) is 37.3 Å². The zero-order valence-corrected chi connectivity index (χ0v) is 14.8. The SMILES string of the molecule is CCNC(=NCc1ccc(OC)cc1)NCCc1ccc(Cl)nc1. The number of hydrogen-bond donors (Lipinski definition) is 2. The molecule has 0 amide bonds. The molecule has 2 N–H and O–H groups in total. The smallest absolute Gasteiger partial charge is 0.191 e. The molecule has 24 heavy (non-hydrogen) atoms. The Labute approximate surface area is 148 Å². The van der Waals surface area contributed by atoms with Crippen LogP contribution in [0.5, 0.6) is 5.75 Å². The van der Waals surface area contributed by atoms with Crippen LogP contribution in [0.4, 0.5) is 0 Å². The van der Waals surface area contributed by atoms with E-state index in [4.69, 9.17) is 16.3 Å². The van der Waals surface area contributed by atoms with Crippen LogP contribution in [0.1, 0.15) is 18.1 Å². The fourth-order valence-corrected chi connectivity index (χ4v) is 2.23. The van der Waals surface area contributed by atoms with Crippen molar-refractivity contribution in [2.75, 3.05) is 20.2 Å². The van der Waals surface area contributed by atoms with E-state index in [9.17, 15) is 0 Å². The number of nitrogens with zero attached hydrogens (tertiary/aromatic N) is 2. The summed E-state index contributed by atoms with van der Waals surface area (Å²) in [5.74, 6) is 1.65. The molecule has 0 aliphatic heterocycles. The topological polar surface area (TPSA) is 58.5 Å². The van der Waals surface area contributed by atoms with Crippen LogP contribution in [0.15, 0.2) is 47.6 Å². The number of halogens is 1. The lowest BCUT2D eigenvalue weighted by atomic mass is 10.2. The van der Waals surface area contributed by atoms with Crippen molar-refractivity contribution in [1.82, 2.24) is 15.6 Å². The maximum Gasteiger partial charge on any atom is 0.191 e. The molecule has 0 atom stereocenters. The number of rotatable bonds is 7. The molecule has 2 aromatic rings. The Hall–Kier alpha value is -2.27. The van der Waals surface area contributed by atoms with Crippen molar-refractivity contribution in [3.8, 4) is 5.75 Å². The van der Waals surface area contributed by atoms with Gasteiger partial charge in [-0.25, -0.2) is 9.98 Å². The van der Waals surface area contributed by atoms with E-state index in [-0.39, 0.29) is 0 Å². The Morgan fingerprint density at radius 3 is 2.50 bits per heavy atom. The van der Waals surface area contributed by atoms with Gasteiger partial charge in [0.1, 0.15) is 10.9 Å². The van der Waals surface area contributed by atoms with Gasteiger partial charge in [-0.3, -0.25) is 0 Å². The van der Waals surface area contributed by atoms with Gasteiger partial charge in [-0.15, -0.1) is 0 Å². The molecule has 0 radical (unpaired) electrons. The van der Waals surface area contributed by atoms with Crippen LogP contribution in [0.2, 0.25) is 5.15 Å². The summed E-state index contributed by atoms with van der Waals surface area (Å²) in [6, 6.07) is 11.7. The summed E-state index contributed by atoms with van der Waals surface area (Å²) in [6.07, 6.45) is 2.66. The van der Waals surface area contributed by atoms with Gasteiger partial charge >= 0.3 is 0 Å². The molecule has 0 spiro atoms. The third kappa shape index (κ3) is 6.08. The van der Waals surface area contributed by atoms with Crippen molar-refractivity contribution in [2.24, 2.45) is 4.99 Å². The molecule has 0 unspecified atom stereocenters. The highest BCUT2D eigenvalue weighted by molar-refractivity contribution is 6.29. The molecular formula is C18H23ClN4O. The molecule has 6 heteroatoms. The van der Waals surface area contributed by atoms with Gasteiger partial charge in [0, 0.05) is 19.3 Å². The van der Waals surface area contributed by atoms with Gasteiger partial charge < -0.3 is 15.4 Å². The van der Waals surface area contributed by atoms with Crippen LogP contribution in [-0.4, -0.2) is 31.1 Å². The number of benzene rings is 1. The van der Waals surface area contributed by atoms with E-state index in [2.05, 4.69) is 20.6 Å². The summed E-state index contributed by atoms with van der Waals surface area (Å²) >= 11 is 5.79. The summed E-state index contributed by atoms with van der Waals surface area (Å²) in [5.41, 5.74) is 2.27. The standard InChI is InChI=1S/C18H23ClN4O/c1-3-20-18(21-11-10-15-6-9-17(19)22-12-15)23-13-14-4-7-16(24-2)8-5-14/h4-9,12H,3,10-11,13H2,1-2H3,(H2,20,21,23). The maximum atomic E-state index is 5.79. The number of guanidine groups is 1. The minimum atomic E-state index is 0.515. The van der Waals surface area contributed by atoms with E-state index < -0.39 is 0 Å². The van der Waals surface area contributed by atoms with Crippen molar-refractivity contribution in [3.63, 3.8) is 0 Å². The van der Waals surface area contributed by atoms with Crippen LogP contribution in [-0.2, 0) is 13.0 Å². The van der Waals surface area contributed by atoms with Gasteiger partial charge in [-0.05, 0) is 42.7 Å². The fraction of sp³-hybridized carbons (Fsp3) is 0.333. The minimum Gasteiger partial charge on any atom is -0.497 e. The third-order valence-corrected chi connectivity index (χ3v) is 3.64. The normalized spacial score (nSPS) is 11.2. The van der Waals surface area contributed by atoms with Gasteiger partial charge in [0.25, 0.3) is 0 Å². The van der Waals surface area contributed by atoms with Gasteiger partial charge in [0.15, 0.2) is 5.96 Å². The number of nitrogens with one attached hydrogen (secondary N) is 2. The van der Waals surface area contributed by atoms with Crippen LogP contribution >= 0.6 is 11.6 Å². The Morgan fingerprint density at radius 2 is 1.88 bits per heavy atom. The Balaban J connectivity index is 1.86. The van der Waals surface area contributed by atoms with Crippen LogP contribution < -0.4 is 15.4 Å². The molecule has 0 fully saturated rings. The second-order valence-corrected chi connectivity index (χ2v) is 5.60. The average Bonchev–Trinajstić information content (AvgIpc) is 2.62. The van der Waals surface area contributed by atoms with E-state index in [1.165, 1.54) is 0 Å². The lowest BCUT2D eigenvalue weighted by Crippen LogP contribution is -2.38. The molecule has 128 valence electrons. The Morgan fingerprint density at radius 1 is 1.12 bits per heavy atom. The first-order valence-electron chi connectivity index (χ1n) is 7.97. The zero-order chi connectivity index (χ0) is 17.2. The van der Waals surface area contributed by atoms with Crippen molar-refractivity contribution in [1.29, 1.82) is 0 Å². The molecule has 0 bridgehead atoms. The van der Waals surface area contributed by atoms with Gasteiger partial charge in [0.2, 0.25) is 0 Å². The zero-order valence-electron chi connectivity index (χ0n) is 14.1. The van der Waals surface area contributed by atoms with Crippen LogP contribution in [0.3, 0.4) is 0 Å². The fourth-order valence-electron chi connectivity index (χ4n) is 2.12. The monoisotopic (exact) mass is 346 g/mol. The van der Waals surface area contributed by atoms with Crippen molar-refractivity contribution >= 4 is 17.6 Å². The van der Waals surface area contributed by atoms with E-state index in [1.54, 1.807) is 19.4 Å². The molecule has 0 saturated heterocycles. The molecule has 0 aliphatic rings. The third-order valence-electron chi connectivity index (χ3n) is 3.42. The number of hydrogen-bond acceptors (Lipinski definition) is 3. The highest BCUT2D eigenvalue weighted by Crippen LogP contribution is 2.11. The number of ether oxygens (including phenoxy) is 1. The lowest BCUT2D eigenvalue weighted by Gasteiger charge is -2.11. The molecule has 0 aliphatic carbocycles. The summed E-state index contributed by atoms with van der Waals surface area (Å²) < 4.78 is 5.16. The molecule has 2 rings (SSSR count). The van der Waals surface area contributed by atoms with E-state index >= 15 is 0 Å². The average molecular weight is 347 g/mol. The molecule has 5 nitrogen and oxygen atoms in total. The minimum absolute atomic E-state index is 0.515. The second-order valence-electron chi connectivity index (χ2n) is 5.21. The Kier molecular flexibility index (Phi) is 7.36. The summed E-state index contributed by atoms with van der Waals surface area (Å²) in [4.78, 5) is 8.69. The van der Waals surface area contributed by atoms with E-state index in [0.717, 1.165) is 42.3 Å². The Bertz CT molecular complexity index is 641. The number of pyridine rings is 1.